The molecule has 4 nitrogen and oxygen atoms in total. The molecule has 0 atom stereocenters. The second-order valence-electron chi connectivity index (χ2n) is 6.44. The number of nitrogens with zero attached hydrogens (tertiary/aromatic N) is 1. The van der Waals surface area contributed by atoms with Crippen molar-refractivity contribution in [2.24, 2.45) is 0 Å². The lowest BCUT2D eigenvalue weighted by Gasteiger charge is -2.32. The number of nitrogens with two attached hydrogens (primary N) is 1. The van der Waals surface area contributed by atoms with E-state index in [0.29, 0.717) is 11.4 Å². The fraction of sp³-hybridized carbons (Fsp3) is 0.533. The molecule has 1 saturated heterocycles. The van der Waals surface area contributed by atoms with Crippen molar-refractivity contribution in [2.45, 2.75) is 45.8 Å². The first-order chi connectivity index (χ1) is 9.66. The highest BCUT2D eigenvalue weighted by molar-refractivity contribution is 7.80. The molecule has 0 saturated carbocycles. The average Bonchev–Trinajstić information content (AvgIpc) is 2.57. The van der Waals surface area contributed by atoms with Crippen LogP contribution in [-0.4, -0.2) is 29.1 Å². The molecule has 0 spiro atoms. The highest BCUT2D eigenvalue weighted by Crippen LogP contribution is 2.39. The third-order valence-corrected chi connectivity index (χ3v) is 4.57. The molecule has 1 aromatic heterocycles. The smallest absolute Gasteiger partial charge is 0.400 e. The van der Waals surface area contributed by atoms with Gasteiger partial charge in [0.15, 0.2) is 0 Å². The summed E-state index contributed by atoms with van der Waals surface area (Å²) in [5.74, 6) is 0.544. The van der Waals surface area contributed by atoms with Gasteiger partial charge in [0, 0.05) is 5.75 Å². The Kier molecular flexibility index (Phi) is 4.43. The van der Waals surface area contributed by atoms with Gasteiger partial charge in [0.1, 0.15) is 0 Å². The lowest BCUT2D eigenvalue weighted by molar-refractivity contribution is 0.00578. The molecule has 0 aromatic carbocycles. The Morgan fingerprint density at radius 2 is 1.90 bits per heavy atom. The molecule has 2 N–H and O–H groups in total. The van der Waals surface area contributed by atoms with E-state index in [-0.39, 0.29) is 11.2 Å². The molecule has 2 rings (SSSR count). The molecule has 0 radical (unpaired) electrons. The molecular weight excluding hydrogens is 283 g/mol. The van der Waals surface area contributed by atoms with Crippen molar-refractivity contribution in [1.29, 1.82) is 0 Å². The van der Waals surface area contributed by atoms with E-state index >= 15 is 0 Å². The SMILES string of the molecule is Cc1cc(N)cnc1C=C(CS)B1OC(C)(C)C(C)(C)O1. The minimum Gasteiger partial charge on any atom is -0.400 e. The summed E-state index contributed by atoms with van der Waals surface area (Å²) < 4.78 is 12.1. The van der Waals surface area contributed by atoms with Crippen molar-refractivity contribution >= 4 is 31.5 Å². The zero-order chi connectivity index (χ0) is 15.8. The monoisotopic (exact) mass is 306 g/mol. The number of rotatable bonds is 3. The second-order valence-corrected chi connectivity index (χ2v) is 6.75. The summed E-state index contributed by atoms with van der Waals surface area (Å²) in [7, 11) is -0.397. The first kappa shape index (κ1) is 16.4. The predicted molar refractivity (Wildman–Crippen MR) is 91.3 cm³/mol. The number of thiol groups is 1. The van der Waals surface area contributed by atoms with E-state index in [1.54, 1.807) is 6.20 Å². The van der Waals surface area contributed by atoms with Gasteiger partial charge in [-0.3, -0.25) is 4.98 Å². The Labute approximate surface area is 132 Å². The average molecular weight is 306 g/mol. The minimum atomic E-state index is -0.397. The summed E-state index contributed by atoms with van der Waals surface area (Å²) >= 11 is 4.41. The van der Waals surface area contributed by atoms with Crippen LogP contribution in [0.2, 0.25) is 0 Å². The van der Waals surface area contributed by atoms with Crippen LogP contribution in [0.15, 0.2) is 17.7 Å². The summed E-state index contributed by atoms with van der Waals surface area (Å²) in [6.45, 7) is 10.1. The van der Waals surface area contributed by atoms with Gasteiger partial charge in [-0.05, 0) is 57.8 Å². The third kappa shape index (κ3) is 3.28. The maximum absolute atomic E-state index is 6.06. The lowest BCUT2D eigenvalue weighted by Crippen LogP contribution is -2.41. The largest absolute Gasteiger partial charge is 0.491 e. The van der Waals surface area contributed by atoms with Crippen LogP contribution in [0.3, 0.4) is 0 Å². The second kappa shape index (κ2) is 5.67. The third-order valence-electron chi connectivity index (χ3n) is 4.20. The zero-order valence-electron chi connectivity index (χ0n) is 13.3. The molecule has 114 valence electrons. The highest BCUT2D eigenvalue weighted by atomic mass is 32.1. The maximum atomic E-state index is 6.06. The van der Waals surface area contributed by atoms with E-state index in [1.165, 1.54) is 0 Å². The van der Waals surface area contributed by atoms with Gasteiger partial charge in [-0.25, -0.2) is 0 Å². The Balaban J connectivity index is 2.31. The van der Waals surface area contributed by atoms with Gasteiger partial charge in [0.25, 0.3) is 0 Å². The van der Waals surface area contributed by atoms with Crippen LogP contribution < -0.4 is 5.73 Å². The Morgan fingerprint density at radius 1 is 1.33 bits per heavy atom. The molecular formula is C15H23BN2O2S. The van der Waals surface area contributed by atoms with Crippen molar-refractivity contribution in [3.63, 3.8) is 0 Å². The summed E-state index contributed by atoms with van der Waals surface area (Å²) in [6.07, 6.45) is 3.63. The molecule has 1 fully saturated rings. The van der Waals surface area contributed by atoms with Crippen molar-refractivity contribution in [3.05, 3.63) is 29.0 Å². The molecule has 6 heteroatoms. The number of anilines is 1. The van der Waals surface area contributed by atoms with E-state index in [0.717, 1.165) is 16.7 Å². The summed E-state index contributed by atoms with van der Waals surface area (Å²) in [4.78, 5) is 4.36. The van der Waals surface area contributed by atoms with Gasteiger partial charge >= 0.3 is 7.12 Å². The first-order valence-electron chi connectivity index (χ1n) is 7.05. The zero-order valence-corrected chi connectivity index (χ0v) is 14.2. The number of hydrogen-bond donors (Lipinski definition) is 2. The molecule has 0 unspecified atom stereocenters. The van der Waals surface area contributed by atoms with Crippen LogP contribution in [0, 0.1) is 6.92 Å². The topological polar surface area (TPSA) is 57.4 Å². The molecule has 0 amide bonds. The molecule has 0 aliphatic carbocycles. The van der Waals surface area contributed by atoms with Gasteiger partial charge in [-0.1, -0.05) is 0 Å². The van der Waals surface area contributed by atoms with Crippen molar-refractivity contribution in [2.75, 3.05) is 11.5 Å². The van der Waals surface area contributed by atoms with Gasteiger partial charge in [0.05, 0.1) is 28.8 Å². The summed E-state index contributed by atoms with van der Waals surface area (Å²) in [5, 5.41) is 0. The predicted octanol–water partition coefficient (Wildman–Crippen LogP) is 2.92. The molecule has 1 aromatic rings. The summed E-state index contributed by atoms with van der Waals surface area (Å²) in [6, 6.07) is 1.90. The lowest BCUT2D eigenvalue weighted by atomic mass is 9.78. The van der Waals surface area contributed by atoms with Crippen LogP contribution in [0.1, 0.15) is 39.0 Å². The van der Waals surface area contributed by atoms with Gasteiger partial charge < -0.3 is 15.0 Å². The van der Waals surface area contributed by atoms with Crippen LogP contribution in [0.25, 0.3) is 6.08 Å². The van der Waals surface area contributed by atoms with E-state index in [9.17, 15) is 0 Å². The van der Waals surface area contributed by atoms with Crippen LogP contribution >= 0.6 is 12.6 Å². The van der Waals surface area contributed by atoms with Crippen LogP contribution in [0.4, 0.5) is 5.69 Å². The molecule has 21 heavy (non-hydrogen) atoms. The van der Waals surface area contributed by atoms with Crippen molar-refractivity contribution < 1.29 is 9.31 Å². The highest BCUT2D eigenvalue weighted by Gasteiger charge is 2.52. The Bertz CT molecular complexity index is 557. The normalized spacial score (nSPS) is 20.9. The van der Waals surface area contributed by atoms with E-state index in [1.807, 2.05) is 46.8 Å². The molecule has 0 bridgehead atoms. The van der Waals surface area contributed by atoms with Gasteiger partial charge in [-0.2, -0.15) is 12.6 Å². The van der Waals surface area contributed by atoms with Crippen molar-refractivity contribution in [3.8, 4) is 0 Å². The van der Waals surface area contributed by atoms with E-state index in [2.05, 4.69) is 17.6 Å². The number of hydrogen-bond acceptors (Lipinski definition) is 5. The standard InChI is InChI=1S/C15H23BN2O2S/c1-10-6-12(17)8-18-13(10)7-11(9-21)16-19-14(2,3)15(4,5)20-16/h6-8,21H,9,17H2,1-5H3. The fourth-order valence-electron chi connectivity index (χ4n) is 2.12. The van der Waals surface area contributed by atoms with Gasteiger partial charge in [-0.15, -0.1) is 0 Å². The number of nitrogen functional groups attached to an aromatic ring is 1. The molecule has 2 heterocycles. The van der Waals surface area contributed by atoms with E-state index < -0.39 is 7.12 Å². The molecule has 1 aliphatic heterocycles. The van der Waals surface area contributed by atoms with Gasteiger partial charge in [0.2, 0.25) is 0 Å². The molecule has 1 aliphatic rings. The Hall–Kier alpha value is -0.975. The first-order valence-corrected chi connectivity index (χ1v) is 7.68. The van der Waals surface area contributed by atoms with Crippen LogP contribution in [-0.2, 0) is 9.31 Å². The summed E-state index contributed by atoms with van der Waals surface area (Å²) in [5.41, 5.74) is 8.52. The number of aromatic nitrogens is 1. The fourth-order valence-corrected chi connectivity index (χ4v) is 2.36. The quantitative estimate of drug-likeness (QED) is 0.666. The number of aryl methyl sites for hydroxylation is 1. The number of pyridine rings is 1. The van der Waals surface area contributed by atoms with E-state index in [4.69, 9.17) is 15.0 Å². The minimum absolute atomic E-state index is 0.358. The Morgan fingerprint density at radius 3 is 2.38 bits per heavy atom. The van der Waals surface area contributed by atoms with Crippen molar-refractivity contribution in [1.82, 2.24) is 4.98 Å². The van der Waals surface area contributed by atoms with Crippen LogP contribution in [0.5, 0.6) is 0 Å². The maximum Gasteiger partial charge on any atom is 0.491 e.